The number of benzene rings is 1. The van der Waals surface area contributed by atoms with Gasteiger partial charge in [-0.1, -0.05) is 12.1 Å². The maximum Gasteiger partial charge on any atom is 0.514 e. The maximum atomic E-state index is 11.1. The lowest BCUT2D eigenvalue weighted by Crippen LogP contribution is -2.16. The van der Waals surface area contributed by atoms with E-state index in [1.807, 2.05) is 0 Å². The normalized spacial score (nSPS) is 9.94. The van der Waals surface area contributed by atoms with E-state index in [1.54, 1.807) is 13.8 Å². The largest absolute Gasteiger partial charge is 0.514 e. The number of nitro groups is 1. The van der Waals surface area contributed by atoms with Gasteiger partial charge in [-0.3, -0.25) is 10.1 Å². The number of ether oxygens (including phenoxy) is 2. The van der Waals surface area contributed by atoms with E-state index in [2.05, 4.69) is 0 Å². The zero-order chi connectivity index (χ0) is 12.1. The molecule has 0 saturated heterocycles. The summed E-state index contributed by atoms with van der Waals surface area (Å²) in [5.74, 6) is -0.127. The second-order valence-corrected chi connectivity index (χ2v) is 3.24. The summed E-state index contributed by atoms with van der Waals surface area (Å²) < 4.78 is 9.42. The van der Waals surface area contributed by atoms with E-state index in [4.69, 9.17) is 9.47 Å². The lowest BCUT2D eigenvalue weighted by Gasteiger charge is -2.08. The van der Waals surface area contributed by atoms with Crippen LogP contribution in [0.5, 0.6) is 5.75 Å². The van der Waals surface area contributed by atoms with E-state index < -0.39 is 11.1 Å². The van der Waals surface area contributed by atoms with Crippen LogP contribution in [0.25, 0.3) is 0 Å². The second kappa shape index (κ2) is 5.11. The van der Waals surface area contributed by atoms with E-state index >= 15 is 0 Å². The lowest BCUT2D eigenvalue weighted by molar-refractivity contribution is -0.385. The number of carbonyl (C=O) groups excluding carboxylic acids is 1. The molecule has 0 saturated carbocycles. The van der Waals surface area contributed by atoms with Crippen molar-refractivity contribution in [3.05, 3.63) is 34.4 Å². The predicted molar refractivity (Wildman–Crippen MR) is 55.3 cm³/mol. The first-order chi connectivity index (χ1) is 7.50. The monoisotopic (exact) mass is 225 g/mol. The van der Waals surface area contributed by atoms with Crippen molar-refractivity contribution in [3.8, 4) is 5.75 Å². The second-order valence-electron chi connectivity index (χ2n) is 3.24. The highest BCUT2D eigenvalue weighted by Gasteiger charge is 2.18. The molecule has 0 fully saturated rings. The fourth-order valence-corrected chi connectivity index (χ4v) is 1.00. The fraction of sp³-hybridized carbons (Fsp3) is 0.300. The van der Waals surface area contributed by atoms with Gasteiger partial charge in [0.05, 0.1) is 11.0 Å². The average molecular weight is 225 g/mol. The molecular formula is C10H11NO5. The van der Waals surface area contributed by atoms with Crippen molar-refractivity contribution in [1.29, 1.82) is 0 Å². The van der Waals surface area contributed by atoms with Crippen molar-refractivity contribution < 1.29 is 19.2 Å². The first-order valence-corrected chi connectivity index (χ1v) is 4.62. The quantitative estimate of drug-likeness (QED) is 0.342. The molecule has 0 bridgehead atoms. The van der Waals surface area contributed by atoms with E-state index in [0.717, 1.165) is 0 Å². The summed E-state index contributed by atoms with van der Waals surface area (Å²) in [5.41, 5.74) is -0.275. The molecule has 16 heavy (non-hydrogen) atoms. The van der Waals surface area contributed by atoms with Gasteiger partial charge in [0.15, 0.2) is 0 Å². The van der Waals surface area contributed by atoms with Crippen LogP contribution in [-0.2, 0) is 4.74 Å². The Morgan fingerprint density at radius 3 is 2.56 bits per heavy atom. The van der Waals surface area contributed by atoms with Gasteiger partial charge in [-0.2, -0.15) is 0 Å². The minimum atomic E-state index is -0.954. The van der Waals surface area contributed by atoms with Crippen LogP contribution < -0.4 is 4.74 Å². The fourth-order valence-electron chi connectivity index (χ4n) is 1.00. The summed E-state index contributed by atoms with van der Waals surface area (Å²) in [5, 5.41) is 10.6. The van der Waals surface area contributed by atoms with Crippen LogP contribution in [0, 0.1) is 10.1 Å². The highest BCUT2D eigenvalue weighted by Crippen LogP contribution is 2.26. The zero-order valence-corrected chi connectivity index (χ0v) is 8.88. The van der Waals surface area contributed by atoms with Crippen LogP contribution in [0.2, 0.25) is 0 Å². The molecule has 86 valence electrons. The topological polar surface area (TPSA) is 78.7 Å². The molecule has 6 heteroatoms. The van der Waals surface area contributed by atoms with Crippen LogP contribution in [0.15, 0.2) is 24.3 Å². The van der Waals surface area contributed by atoms with Crippen LogP contribution in [-0.4, -0.2) is 17.2 Å². The Kier molecular flexibility index (Phi) is 3.82. The summed E-state index contributed by atoms with van der Waals surface area (Å²) in [6.45, 7) is 3.31. The molecule has 1 rings (SSSR count). The third-order valence-electron chi connectivity index (χ3n) is 1.59. The van der Waals surface area contributed by atoms with E-state index in [0.29, 0.717) is 0 Å². The van der Waals surface area contributed by atoms with Crippen LogP contribution in [0.1, 0.15) is 13.8 Å². The Balaban J connectivity index is 2.81. The molecule has 1 aromatic carbocycles. The standard InChI is InChI=1S/C10H11NO5/c1-7(2)15-10(12)16-9-6-4-3-5-8(9)11(13)14/h3-7H,1-2H3. The van der Waals surface area contributed by atoms with Gasteiger partial charge in [0.1, 0.15) is 0 Å². The molecule has 0 unspecified atom stereocenters. The zero-order valence-electron chi connectivity index (χ0n) is 8.88. The Morgan fingerprint density at radius 2 is 2.00 bits per heavy atom. The minimum absolute atomic E-state index is 0.127. The summed E-state index contributed by atoms with van der Waals surface area (Å²) in [4.78, 5) is 21.1. The predicted octanol–water partition coefficient (Wildman–Crippen LogP) is 2.52. The Morgan fingerprint density at radius 1 is 1.38 bits per heavy atom. The highest BCUT2D eigenvalue weighted by atomic mass is 16.7. The average Bonchev–Trinajstić information content (AvgIpc) is 2.16. The molecule has 0 N–H and O–H groups in total. The first-order valence-electron chi connectivity index (χ1n) is 4.62. The molecule has 0 amide bonds. The summed E-state index contributed by atoms with van der Waals surface area (Å²) in [7, 11) is 0. The van der Waals surface area contributed by atoms with E-state index in [-0.39, 0.29) is 17.5 Å². The molecule has 0 spiro atoms. The van der Waals surface area contributed by atoms with Gasteiger partial charge in [0.2, 0.25) is 5.75 Å². The summed E-state index contributed by atoms with van der Waals surface area (Å²) >= 11 is 0. The smallest absolute Gasteiger partial charge is 0.431 e. The van der Waals surface area contributed by atoms with Gasteiger partial charge in [-0.05, 0) is 19.9 Å². The Labute approximate surface area is 91.9 Å². The minimum Gasteiger partial charge on any atom is -0.431 e. The summed E-state index contributed by atoms with van der Waals surface area (Å²) in [6, 6.07) is 5.60. The molecule has 0 aromatic heterocycles. The van der Waals surface area contributed by atoms with Gasteiger partial charge in [0, 0.05) is 6.07 Å². The molecule has 0 radical (unpaired) electrons. The third kappa shape index (κ3) is 3.23. The molecular weight excluding hydrogens is 214 g/mol. The van der Waals surface area contributed by atoms with Gasteiger partial charge in [0.25, 0.3) is 0 Å². The molecule has 6 nitrogen and oxygen atoms in total. The Hall–Kier alpha value is -2.11. The number of hydrogen-bond acceptors (Lipinski definition) is 5. The SMILES string of the molecule is CC(C)OC(=O)Oc1ccccc1[N+](=O)[O-]. The van der Waals surface area contributed by atoms with E-state index in [1.165, 1.54) is 24.3 Å². The highest BCUT2D eigenvalue weighted by molar-refractivity contribution is 5.66. The van der Waals surface area contributed by atoms with Crippen LogP contribution in [0.3, 0.4) is 0 Å². The number of hydrogen-bond donors (Lipinski definition) is 0. The van der Waals surface area contributed by atoms with Crippen molar-refractivity contribution in [3.63, 3.8) is 0 Å². The molecule has 0 aliphatic rings. The molecule has 0 heterocycles. The van der Waals surface area contributed by atoms with Crippen molar-refractivity contribution in [1.82, 2.24) is 0 Å². The lowest BCUT2D eigenvalue weighted by atomic mass is 10.3. The van der Waals surface area contributed by atoms with Crippen molar-refractivity contribution in [2.75, 3.05) is 0 Å². The van der Waals surface area contributed by atoms with Crippen molar-refractivity contribution >= 4 is 11.8 Å². The van der Waals surface area contributed by atoms with Gasteiger partial charge < -0.3 is 9.47 Å². The number of para-hydroxylation sites is 2. The van der Waals surface area contributed by atoms with Gasteiger partial charge >= 0.3 is 11.8 Å². The van der Waals surface area contributed by atoms with Gasteiger partial charge in [-0.25, -0.2) is 4.79 Å². The number of nitro benzene ring substituents is 1. The third-order valence-corrected chi connectivity index (χ3v) is 1.59. The number of rotatable bonds is 3. The van der Waals surface area contributed by atoms with E-state index in [9.17, 15) is 14.9 Å². The molecule has 0 atom stereocenters. The maximum absolute atomic E-state index is 11.1. The summed E-state index contributed by atoms with van der Waals surface area (Å²) in [6.07, 6.45) is -1.29. The Bertz CT molecular complexity index is 402. The van der Waals surface area contributed by atoms with Crippen LogP contribution >= 0.6 is 0 Å². The molecule has 0 aliphatic heterocycles. The molecule has 0 aliphatic carbocycles. The van der Waals surface area contributed by atoms with Crippen molar-refractivity contribution in [2.24, 2.45) is 0 Å². The first kappa shape index (κ1) is 12.0. The van der Waals surface area contributed by atoms with Crippen molar-refractivity contribution in [2.45, 2.75) is 20.0 Å². The number of carbonyl (C=O) groups is 1. The molecule has 1 aromatic rings. The number of nitrogens with zero attached hydrogens (tertiary/aromatic N) is 1. The van der Waals surface area contributed by atoms with Gasteiger partial charge in [-0.15, -0.1) is 0 Å². The van der Waals surface area contributed by atoms with Crippen LogP contribution in [0.4, 0.5) is 10.5 Å².